The van der Waals surface area contributed by atoms with Crippen LogP contribution in [-0.2, 0) is 83.2 Å². The van der Waals surface area contributed by atoms with Crippen LogP contribution in [0.3, 0.4) is 0 Å². The number of esters is 3. The molecule has 0 radical (unpaired) electrons. The molecule has 4 aliphatic heterocycles. The van der Waals surface area contributed by atoms with Crippen molar-refractivity contribution in [3.8, 4) is 0 Å². The van der Waals surface area contributed by atoms with Gasteiger partial charge in [0.15, 0.2) is 0 Å². The lowest BCUT2D eigenvalue weighted by atomic mass is 9.84. The van der Waals surface area contributed by atoms with Gasteiger partial charge in [0.05, 0.1) is 58.6 Å². The predicted octanol–water partition coefficient (Wildman–Crippen LogP) is 11.3. The zero-order valence-corrected chi connectivity index (χ0v) is 69.0. The number of nitrogens with zero attached hydrogens (tertiary/aromatic N) is 12. The van der Waals surface area contributed by atoms with E-state index in [1.54, 1.807) is 30.9 Å². The number of carbonyl (C=O) groups is 7. The van der Waals surface area contributed by atoms with Gasteiger partial charge in [0.2, 0.25) is 23.6 Å². The lowest BCUT2D eigenvalue weighted by Gasteiger charge is -2.48. The van der Waals surface area contributed by atoms with Crippen molar-refractivity contribution in [2.75, 3.05) is 147 Å². The van der Waals surface area contributed by atoms with E-state index in [-0.39, 0.29) is 52.3 Å². The zero-order chi connectivity index (χ0) is 81.2. The van der Waals surface area contributed by atoms with Crippen LogP contribution >= 0.6 is 11.3 Å². The summed E-state index contributed by atoms with van der Waals surface area (Å²) in [5.41, 5.74) is 1.85. The lowest BCUT2D eigenvalue weighted by molar-refractivity contribution is -0.151. The molecule has 7 aromatic rings. The summed E-state index contributed by atoms with van der Waals surface area (Å²) in [5, 5.41) is 9.96. The van der Waals surface area contributed by atoms with E-state index in [4.69, 9.17) is 18.9 Å². The van der Waals surface area contributed by atoms with Gasteiger partial charge in [-0.15, -0.1) is 11.3 Å². The molecule has 0 unspecified atom stereocenters. The first-order valence-electron chi connectivity index (χ1n) is 40.0. The minimum absolute atomic E-state index is 0.0562. The maximum atomic E-state index is 13.0. The highest BCUT2D eigenvalue weighted by Crippen LogP contribution is 2.40. The Bertz CT molecular complexity index is 4070. The summed E-state index contributed by atoms with van der Waals surface area (Å²) < 4.78 is 29.0. The van der Waals surface area contributed by atoms with Crippen LogP contribution in [0.15, 0.2) is 174 Å². The number of carbonyl (C=O) groups excluding carboxylic acids is 7. The summed E-state index contributed by atoms with van der Waals surface area (Å²) in [6, 6.07) is 53.4. The van der Waals surface area contributed by atoms with Crippen LogP contribution in [0.25, 0.3) is 0 Å². The van der Waals surface area contributed by atoms with Crippen LogP contribution in [-0.4, -0.2) is 230 Å². The lowest BCUT2D eigenvalue weighted by Crippen LogP contribution is -2.62. The van der Waals surface area contributed by atoms with E-state index >= 15 is 0 Å². The van der Waals surface area contributed by atoms with Crippen molar-refractivity contribution >= 4 is 75.6 Å². The average Bonchev–Trinajstić information content (AvgIpc) is 0.804. The summed E-state index contributed by atoms with van der Waals surface area (Å²) >= 11 is 1.83. The second kappa shape index (κ2) is 45.0. The number of hydrogen-bond donors (Lipinski definition) is 0. The number of hydrogen-bond acceptors (Lipinski definition) is 20. The van der Waals surface area contributed by atoms with Crippen molar-refractivity contribution in [3.63, 3.8) is 0 Å². The maximum Gasteiger partial charge on any atom is 0.363 e. The van der Waals surface area contributed by atoms with Crippen LogP contribution in [0.5, 0.6) is 0 Å². The topological polar surface area (TPSA) is 244 Å². The molecule has 0 bridgehead atoms. The molecule has 0 aliphatic carbocycles. The molecule has 0 atom stereocenters. The number of thiophene rings is 1. The molecule has 5 aromatic carbocycles. The molecule has 11 rings (SSSR count). The van der Waals surface area contributed by atoms with Gasteiger partial charge in [-0.2, -0.15) is 9.36 Å². The largest absolute Gasteiger partial charge is 0.469 e. The molecular formula is C87H120N12O13S. The van der Waals surface area contributed by atoms with Gasteiger partial charge in [0, 0.05) is 153 Å². The average molecular weight is 1570 g/mol. The Morgan fingerprint density at radius 1 is 0.389 bits per heavy atom. The first kappa shape index (κ1) is 89.3. The van der Waals surface area contributed by atoms with E-state index in [1.807, 2.05) is 176 Å². The van der Waals surface area contributed by atoms with Gasteiger partial charge in [-0.25, -0.2) is 14.4 Å². The molecule has 0 saturated carbocycles. The van der Waals surface area contributed by atoms with Gasteiger partial charge < -0.3 is 53.1 Å². The Balaban J connectivity index is 0.000000189. The maximum absolute atomic E-state index is 13.0. The number of rotatable bonds is 31. The molecule has 113 heavy (non-hydrogen) atoms. The zero-order valence-electron chi connectivity index (χ0n) is 68.2. The van der Waals surface area contributed by atoms with E-state index in [9.17, 15) is 38.4 Å². The van der Waals surface area contributed by atoms with Crippen molar-refractivity contribution in [2.45, 2.75) is 166 Å². The van der Waals surface area contributed by atoms with Crippen molar-refractivity contribution in [2.24, 2.45) is 0 Å². The number of piperidine rings is 4. The van der Waals surface area contributed by atoms with Crippen LogP contribution < -0.4 is 25.3 Å². The number of ether oxygens (including phenoxy) is 5. The number of methoxy groups -OCH3 is 5. The summed E-state index contributed by atoms with van der Waals surface area (Å²) in [6.07, 6.45) is 9.46. The molecule has 0 spiro atoms. The van der Waals surface area contributed by atoms with Gasteiger partial charge in [0.1, 0.15) is 11.1 Å². The van der Waals surface area contributed by atoms with Gasteiger partial charge in [0.25, 0.3) is 0 Å². The second-order valence-corrected chi connectivity index (χ2v) is 30.1. The Hall–Kier alpha value is -9.28. The first-order valence-corrected chi connectivity index (χ1v) is 40.9. The minimum atomic E-state index is -1.04. The molecule has 4 fully saturated rings. The highest BCUT2D eigenvalue weighted by atomic mass is 32.1. The van der Waals surface area contributed by atoms with Crippen molar-refractivity contribution in [3.05, 3.63) is 190 Å². The number of aromatic nitrogens is 4. The number of amides is 4. The Kier molecular flexibility index (Phi) is 35.5. The third-order valence-corrected chi connectivity index (χ3v) is 23.2. The molecule has 4 amide bonds. The van der Waals surface area contributed by atoms with Gasteiger partial charge in [-0.05, 0) is 147 Å². The van der Waals surface area contributed by atoms with Crippen LogP contribution in [0.2, 0.25) is 0 Å². The molecule has 0 N–H and O–H groups in total. The van der Waals surface area contributed by atoms with Gasteiger partial charge in [-0.1, -0.05) is 137 Å². The molecule has 2 aromatic heterocycles. The second-order valence-electron chi connectivity index (χ2n) is 29.1. The molecule has 6 heterocycles. The summed E-state index contributed by atoms with van der Waals surface area (Å²) in [5.74, 6) is -0.882. The first-order chi connectivity index (χ1) is 54.8. The molecule has 4 saturated heterocycles. The third kappa shape index (κ3) is 23.5. The smallest absolute Gasteiger partial charge is 0.363 e. The van der Waals surface area contributed by atoms with Crippen molar-refractivity contribution < 1.29 is 57.2 Å². The van der Waals surface area contributed by atoms with E-state index < -0.39 is 17.0 Å². The number of aryl methyl sites for hydroxylation is 1. The fourth-order valence-corrected chi connectivity index (χ4v) is 16.7. The fourth-order valence-electron chi connectivity index (χ4n) is 16.0. The van der Waals surface area contributed by atoms with Crippen molar-refractivity contribution in [1.29, 1.82) is 0 Å². The van der Waals surface area contributed by atoms with E-state index in [0.29, 0.717) is 109 Å². The molecular weight excluding hydrogens is 1450 g/mol. The third-order valence-electron chi connectivity index (χ3n) is 22.3. The Morgan fingerprint density at radius 2 is 0.735 bits per heavy atom. The summed E-state index contributed by atoms with van der Waals surface area (Å²) in [4.78, 5) is 119. The number of benzene rings is 5. The van der Waals surface area contributed by atoms with Gasteiger partial charge >= 0.3 is 23.6 Å². The molecule has 4 aliphatic rings. The SMILES string of the molecule is CCC(=O)N(c1ccccc1)C1(C(=O)OC)CCN(CCC(=O)OC)CC1.CCC(=O)N(c1ccccc1)C1(C(=O)OC)CCN(CCc2ccccc2)CC1.CCC(=O)N(c1ccccc1)C1(COC)CCN(CCc2cccs2)CC1.CCC(=O)N(c1ccccc1)C1(COC)CCN(CCn2nnn(CC)c2=O)CC1. The van der Waals surface area contributed by atoms with Crippen LogP contribution in [0.1, 0.15) is 129 Å². The van der Waals surface area contributed by atoms with Crippen molar-refractivity contribution in [1.82, 2.24) is 39.4 Å². The number of tetrazole rings is 1. The summed E-state index contributed by atoms with van der Waals surface area (Å²) in [7, 11) is 7.56. The highest BCUT2D eigenvalue weighted by Gasteiger charge is 2.52. The van der Waals surface area contributed by atoms with E-state index in [0.717, 1.165) is 114 Å². The van der Waals surface area contributed by atoms with Crippen LogP contribution in [0.4, 0.5) is 22.7 Å². The Morgan fingerprint density at radius 3 is 1.08 bits per heavy atom. The number of para-hydroxylation sites is 4. The molecule has 26 heteroatoms. The predicted molar refractivity (Wildman–Crippen MR) is 443 cm³/mol. The monoisotopic (exact) mass is 1570 g/mol. The van der Waals surface area contributed by atoms with E-state index in [2.05, 4.69) is 76.5 Å². The Labute approximate surface area is 672 Å². The number of likely N-dealkylation sites (tertiary alicyclic amines) is 4. The minimum Gasteiger partial charge on any atom is -0.469 e. The highest BCUT2D eigenvalue weighted by molar-refractivity contribution is 7.09. The van der Waals surface area contributed by atoms with Gasteiger partial charge in [-0.3, -0.25) is 33.8 Å². The molecule has 612 valence electrons. The van der Waals surface area contributed by atoms with E-state index in [1.165, 1.54) is 41.1 Å². The molecule has 25 nitrogen and oxygen atoms in total. The fraction of sp³-hybridized carbons (Fsp3) is 0.517. The summed E-state index contributed by atoms with van der Waals surface area (Å²) in [6.45, 7) is 21.0. The quantitative estimate of drug-likeness (QED) is 0.0289. The standard InChI is InChI=1S/C24H30N2O3.C22H30N2O2S.C21H32N6O3.C20H28N2O5/c1-3-22(27)26(21-12-8-5-9-13-21)24(23(28)29-2)15-18-25(19-16-24)17-14-20-10-6-4-7-11-20;1-3-21(25)24(19-8-5-4-6-9-19)22(18-26-2)12-15-23(16-13-22)14-11-20-10-7-17-27-20;1-4-19(28)27(18-9-7-6-8-10-18)21(17-30-3)11-13-24(14-12-21)15-16-26-20(29)25(5-2)22-23-26;1-4-17(23)22(16-8-6-5-7-9-16)20(19(25)27-3)11-14-21(15-12-20)13-10-18(24)26-2/h4-13H,3,14-19H2,1-2H3;4-10,17H,3,11-16,18H2,1-2H3;6-10H,4-5,11-17H2,1-3H3;5-9H,4,10-15H2,1-3H3. The normalized spacial score (nSPS) is 16.5. The number of anilines is 4. The van der Waals surface area contributed by atoms with Crippen LogP contribution in [0, 0.1) is 0 Å².